The van der Waals surface area contributed by atoms with Gasteiger partial charge < -0.3 is 9.47 Å². The fourth-order valence-corrected chi connectivity index (χ4v) is 1.04. The SMILES string of the molecule is COc1ccc(OC(Cl)(Cl)Cl)cc1. The van der Waals surface area contributed by atoms with Crippen molar-refractivity contribution in [1.82, 2.24) is 0 Å². The lowest BCUT2D eigenvalue weighted by Gasteiger charge is -2.13. The highest BCUT2D eigenvalue weighted by Crippen LogP contribution is 2.30. The van der Waals surface area contributed by atoms with E-state index >= 15 is 0 Å². The Hall–Kier alpha value is -0.310. The van der Waals surface area contributed by atoms with E-state index in [1.807, 2.05) is 0 Å². The van der Waals surface area contributed by atoms with Gasteiger partial charge >= 0.3 is 3.98 Å². The first-order valence-electron chi connectivity index (χ1n) is 3.41. The number of hydrogen-bond donors (Lipinski definition) is 0. The molecule has 0 aliphatic rings. The molecule has 2 nitrogen and oxygen atoms in total. The van der Waals surface area contributed by atoms with Crippen LogP contribution in [0.4, 0.5) is 0 Å². The molecule has 1 rings (SSSR count). The zero-order valence-electron chi connectivity index (χ0n) is 6.76. The summed E-state index contributed by atoms with van der Waals surface area (Å²) in [6, 6.07) is 6.74. The molecule has 0 aliphatic heterocycles. The Morgan fingerprint density at radius 3 is 1.85 bits per heavy atom. The van der Waals surface area contributed by atoms with Gasteiger partial charge in [0.1, 0.15) is 11.5 Å². The number of rotatable bonds is 2. The summed E-state index contributed by atoms with van der Waals surface area (Å²) >= 11 is 16.3. The molecule has 5 heteroatoms. The first-order chi connectivity index (χ1) is 6.01. The number of alkyl halides is 3. The predicted molar refractivity (Wildman–Crippen MR) is 53.9 cm³/mol. The zero-order valence-corrected chi connectivity index (χ0v) is 9.03. The van der Waals surface area contributed by atoms with E-state index in [-0.39, 0.29) is 0 Å². The molecule has 1 aromatic rings. The molecule has 72 valence electrons. The number of benzene rings is 1. The maximum Gasteiger partial charge on any atom is 0.338 e. The largest absolute Gasteiger partial charge is 0.497 e. The standard InChI is InChI=1S/C8H7Cl3O2/c1-12-6-2-4-7(5-3-6)13-8(9,10)11/h2-5H,1H3. The van der Waals surface area contributed by atoms with Crippen LogP contribution in [0, 0.1) is 0 Å². The van der Waals surface area contributed by atoms with Gasteiger partial charge in [0, 0.05) is 0 Å². The minimum atomic E-state index is -1.73. The van der Waals surface area contributed by atoms with Crippen LogP contribution in [0.15, 0.2) is 24.3 Å². The van der Waals surface area contributed by atoms with Crippen molar-refractivity contribution in [2.45, 2.75) is 3.98 Å². The van der Waals surface area contributed by atoms with Crippen LogP contribution in [0.3, 0.4) is 0 Å². The van der Waals surface area contributed by atoms with Crippen molar-refractivity contribution in [3.05, 3.63) is 24.3 Å². The van der Waals surface area contributed by atoms with Crippen LogP contribution in [0.5, 0.6) is 11.5 Å². The Bertz CT molecular complexity index is 266. The van der Waals surface area contributed by atoms with E-state index in [9.17, 15) is 0 Å². The van der Waals surface area contributed by atoms with Gasteiger partial charge in [-0.3, -0.25) is 0 Å². The summed E-state index contributed by atoms with van der Waals surface area (Å²) in [5.41, 5.74) is 0. The molecule has 0 saturated carbocycles. The van der Waals surface area contributed by atoms with Crippen LogP contribution >= 0.6 is 34.8 Å². The number of halogens is 3. The van der Waals surface area contributed by atoms with Gasteiger partial charge in [0.2, 0.25) is 0 Å². The van der Waals surface area contributed by atoms with Gasteiger partial charge in [0.05, 0.1) is 7.11 Å². The van der Waals surface area contributed by atoms with Crippen LogP contribution in [-0.4, -0.2) is 11.1 Å². The Labute approximate surface area is 91.3 Å². The van der Waals surface area contributed by atoms with Crippen molar-refractivity contribution >= 4 is 34.8 Å². The number of hydrogen-bond acceptors (Lipinski definition) is 2. The van der Waals surface area contributed by atoms with Crippen LogP contribution in [0.25, 0.3) is 0 Å². The van der Waals surface area contributed by atoms with Crippen LogP contribution < -0.4 is 9.47 Å². The molecule has 0 N–H and O–H groups in total. The second kappa shape index (κ2) is 4.27. The fourth-order valence-electron chi connectivity index (χ4n) is 0.777. The molecule has 1 aromatic carbocycles. The Balaban J connectivity index is 2.70. The van der Waals surface area contributed by atoms with E-state index < -0.39 is 3.98 Å². The van der Waals surface area contributed by atoms with Gasteiger partial charge in [-0.2, -0.15) is 0 Å². The lowest BCUT2D eigenvalue weighted by molar-refractivity contribution is 0.319. The normalized spacial score (nSPS) is 11.1. The topological polar surface area (TPSA) is 18.5 Å². The van der Waals surface area contributed by atoms with Gasteiger partial charge in [-0.1, -0.05) is 0 Å². The first-order valence-corrected chi connectivity index (χ1v) is 4.54. The summed E-state index contributed by atoms with van der Waals surface area (Å²) < 4.78 is 8.16. The third-order valence-electron chi connectivity index (χ3n) is 1.29. The van der Waals surface area contributed by atoms with Gasteiger partial charge in [-0.25, -0.2) is 0 Å². The van der Waals surface area contributed by atoms with E-state index in [1.165, 1.54) is 0 Å². The number of methoxy groups -OCH3 is 1. The summed E-state index contributed by atoms with van der Waals surface area (Å²) in [4.78, 5) is 0. The third kappa shape index (κ3) is 3.94. The van der Waals surface area contributed by atoms with Crippen LogP contribution in [-0.2, 0) is 0 Å². The van der Waals surface area contributed by atoms with Crippen LogP contribution in [0.1, 0.15) is 0 Å². The molecule has 0 amide bonds. The van der Waals surface area contributed by atoms with Crippen molar-refractivity contribution in [2.75, 3.05) is 7.11 Å². The average Bonchev–Trinajstić information content (AvgIpc) is 2.03. The highest BCUT2D eigenvalue weighted by molar-refractivity contribution is 6.66. The molecule has 0 saturated heterocycles. The molecule has 0 radical (unpaired) electrons. The summed E-state index contributed by atoms with van der Waals surface area (Å²) in [6.45, 7) is 0. The molecule has 0 unspecified atom stereocenters. The molecule has 0 spiro atoms. The van der Waals surface area contributed by atoms with Crippen LogP contribution in [0.2, 0.25) is 0 Å². The molecular weight excluding hydrogens is 234 g/mol. The second-order valence-corrected chi connectivity index (χ2v) is 4.40. The molecule has 0 bridgehead atoms. The van der Waals surface area contributed by atoms with Crippen molar-refractivity contribution < 1.29 is 9.47 Å². The maximum atomic E-state index is 5.42. The lowest BCUT2D eigenvalue weighted by atomic mass is 10.3. The molecule has 0 aromatic heterocycles. The van der Waals surface area contributed by atoms with E-state index in [2.05, 4.69) is 0 Å². The molecule has 13 heavy (non-hydrogen) atoms. The molecule has 0 fully saturated rings. The quantitative estimate of drug-likeness (QED) is 0.739. The minimum absolute atomic E-state index is 0.473. The number of ether oxygens (including phenoxy) is 2. The van der Waals surface area contributed by atoms with Crippen molar-refractivity contribution in [3.63, 3.8) is 0 Å². The highest BCUT2D eigenvalue weighted by atomic mass is 35.6. The summed E-state index contributed by atoms with van der Waals surface area (Å²) in [7, 11) is 1.57. The zero-order chi connectivity index (χ0) is 9.90. The fraction of sp³-hybridized carbons (Fsp3) is 0.250. The van der Waals surface area contributed by atoms with E-state index in [0.717, 1.165) is 5.75 Å². The predicted octanol–water partition coefficient (Wildman–Crippen LogP) is 3.40. The summed E-state index contributed by atoms with van der Waals surface area (Å²) in [5.74, 6) is 1.19. The average molecular weight is 242 g/mol. The second-order valence-electron chi connectivity index (χ2n) is 2.22. The monoisotopic (exact) mass is 240 g/mol. The Morgan fingerprint density at radius 1 is 1.00 bits per heavy atom. The van der Waals surface area contributed by atoms with Gasteiger partial charge in [0.25, 0.3) is 0 Å². The van der Waals surface area contributed by atoms with E-state index in [0.29, 0.717) is 5.75 Å². The highest BCUT2D eigenvalue weighted by Gasteiger charge is 2.21. The molecule has 0 atom stereocenters. The molecule has 0 heterocycles. The molecule has 0 aliphatic carbocycles. The minimum Gasteiger partial charge on any atom is -0.497 e. The van der Waals surface area contributed by atoms with Crippen molar-refractivity contribution in [1.29, 1.82) is 0 Å². The first kappa shape index (κ1) is 10.8. The Kier molecular flexibility index (Phi) is 3.54. The maximum absolute atomic E-state index is 5.42. The molecular formula is C8H7Cl3O2. The summed E-state index contributed by atoms with van der Waals surface area (Å²) in [6.07, 6.45) is 0. The van der Waals surface area contributed by atoms with E-state index in [4.69, 9.17) is 44.3 Å². The van der Waals surface area contributed by atoms with Gasteiger partial charge in [0.15, 0.2) is 0 Å². The van der Waals surface area contributed by atoms with Gasteiger partial charge in [-0.15, -0.1) is 0 Å². The summed E-state index contributed by atoms with van der Waals surface area (Å²) in [5, 5.41) is 0. The van der Waals surface area contributed by atoms with Crippen molar-refractivity contribution in [2.24, 2.45) is 0 Å². The smallest absolute Gasteiger partial charge is 0.338 e. The third-order valence-corrected chi connectivity index (χ3v) is 1.52. The van der Waals surface area contributed by atoms with Crippen molar-refractivity contribution in [3.8, 4) is 11.5 Å². The van der Waals surface area contributed by atoms with Gasteiger partial charge in [-0.05, 0) is 59.1 Å². The Morgan fingerprint density at radius 2 is 1.46 bits per heavy atom. The lowest BCUT2D eigenvalue weighted by Crippen LogP contribution is -2.12. The van der Waals surface area contributed by atoms with E-state index in [1.54, 1.807) is 31.4 Å².